The van der Waals surface area contributed by atoms with Gasteiger partial charge in [0.25, 0.3) is 0 Å². The molecule has 1 unspecified atom stereocenters. The minimum Gasteiger partial charge on any atom is -0.338 e. The fourth-order valence-corrected chi connectivity index (χ4v) is 3.84. The molecule has 0 aromatic heterocycles. The molecule has 1 atom stereocenters. The van der Waals surface area contributed by atoms with Crippen molar-refractivity contribution in [3.63, 3.8) is 0 Å². The Hall–Kier alpha value is -1.76. The average molecular weight is 353 g/mol. The van der Waals surface area contributed by atoms with Crippen LogP contribution in [-0.4, -0.2) is 53.7 Å². The van der Waals surface area contributed by atoms with Crippen LogP contribution < -0.4 is 5.32 Å². The number of thioether (sulfide) groups is 1. The maximum absolute atomic E-state index is 14.0. The maximum atomic E-state index is 14.0. The summed E-state index contributed by atoms with van der Waals surface area (Å²) in [6, 6.07) is 6.41. The van der Waals surface area contributed by atoms with Crippen LogP contribution in [0.2, 0.25) is 0 Å². The first-order valence-electron chi connectivity index (χ1n) is 8.26. The number of hydrogen-bond donors (Lipinski definition) is 1. The number of carbonyl (C=O) groups is 2. The standard InChI is InChI=1S/C17H24FN3O2S/c1-3-9-19-17(23)20(4-2)10-11-21-15(22)12-24-16(21)13-7-5-6-8-14(13)18/h5-8,16H,3-4,9-12H2,1-2H3,(H,19,23). The Morgan fingerprint density at radius 1 is 1.42 bits per heavy atom. The Morgan fingerprint density at radius 2 is 2.17 bits per heavy atom. The Labute approximate surface area is 146 Å². The van der Waals surface area contributed by atoms with Gasteiger partial charge in [-0.3, -0.25) is 4.79 Å². The SMILES string of the molecule is CCCNC(=O)N(CC)CCN1C(=O)CSC1c1ccccc1F. The van der Waals surface area contributed by atoms with Gasteiger partial charge in [0, 0.05) is 31.7 Å². The van der Waals surface area contributed by atoms with Crippen molar-refractivity contribution < 1.29 is 14.0 Å². The molecule has 7 heteroatoms. The van der Waals surface area contributed by atoms with Crippen LogP contribution in [0.1, 0.15) is 31.2 Å². The predicted octanol–water partition coefficient (Wildman–Crippen LogP) is 2.84. The summed E-state index contributed by atoms with van der Waals surface area (Å²) in [5, 5.41) is 2.52. The highest BCUT2D eigenvalue weighted by Gasteiger charge is 2.34. The van der Waals surface area contributed by atoms with Gasteiger partial charge in [-0.25, -0.2) is 9.18 Å². The first-order chi connectivity index (χ1) is 11.6. The molecule has 1 aliphatic rings. The summed E-state index contributed by atoms with van der Waals surface area (Å²) in [5.74, 6) is 0.0219. The lowest BCUT2D eigenvalue weighted by atomic mass is 10.2. The molecule has 1 saturated heterocycles. The third-order valence-electron chi connectivity index (χ3n) is 3.95. The maximum Gasteiger partial charge on any atom is 0.317 e. The average Bonchev–Trinajstić information content (AvgIpc) is 2.94. The van der Waals surface area contributed by atoms with E-state index in [9.17, 15) is 14.0 Å². The fraction of sp³-hybridized carbons (Fsp3) is 0.529. The Bertz CT molecular complexity index is 585. The molecule has 0 bridgehead atoms. The molecule has 0 saturated carbocycles. The highest BCUT2D eigenvalue weighted by molar-refractivity contribution is 8.00. The topological polar surface area (TPSA) is 52.7 Å². The lowest BCUT2D eigenvalue weighted by Gasteiger charge is -2.28. The van der Waals surface area contributed by atoms with Gasteiger partial charge in [0.05, 0.1) is 5.75 Å². The summed E-state index contributed by atoms with van der Waals surface area (Å²) < 4.78 is 14.0. The van der Waals surface area contributed by atoms with Crippen LogP contribution >= 0.6 is 11.8 Å². The third kappa shape index (κ3) is 4.41. The molecule has 2 rings (SSSR count). The molecule has 1 heterocycles. The molecular formula is C17H24FN3O2S. The summed E-state index contributed by atoms with van der Waals surface area (Å²) >= 11 is 1.42. The summed E-state index contributed by atoms with van der Waals surface area (Å²) in [6.45, 7) is 5.93. The molecule has 3 amide bonds. The Morgan fingerprint density at radius 3 is 2.83 bits per heavy atom. The fourth-order valence-electron chi connectivity index (χ4n) is 2.60. The molecule has 1 aromatic rings. The summed E-state index contributed by atoms with van der Waals surface area (Å²) in [6.07, 6.45) is 0.875. The molecule has 0 aliphatic carbocycles. The van der Waals surface area contributed by atoms with Gasteiger partial charge in [0.15, 0.2) is 0 Å². The molecule has 1 N–H and O–H groups in total. The Kier molecular flexibility index (Phi) is 6.90. The number of urea groups is 1. The van der Waals surface area contributed by atoms with Crippen molar-refractivity contribution in [1.82, 2.24) is 15.1 Å². The zero-order valence-electron chi connectivity index (χ0n) is 14.1. The van der Waals surface area contributed by atoms with E-state index in [2.05, 4.69) is 5.32 Å². The van der Waals surface area contributed by atoms with E-state index in [1.807, 2.05) is 13.8 Å². The second-order valence-electron chi connectivity index (χ2n) is 5.58. The van der Waals surface area contributed by atoms with Crippen molar-refractivity contribution in [2.24, 2.45) is 0 Å². The number of benzene rings is 1. The Balaban J connectivity index is 2.02. The second kappa shape index (κ2) is 8.92. The van der Waals surface area contributed by atoms with Crippen LogP contribution in [0.5, 0.6) is 0 Å². The van der Waals surface area contributed by atoms with Gasteiger partial charge in [-0.1, -0.05) is 25.1 Å². The van der Waals surface area contributed by atoms with E-state index >= 15 is 0 Å². The van der Waals surface area contributed by atoms with Crippen molar-refractivity contribution in [3.8, 4) is 0 Å². The number of likely N-dealkylation sites (N-methyl/N-ethyl adjacent to an activating group) is 1. The number of amides is 3. The number of nitrogens with zero attached hydrogens (tertiary/aromatic N) is 2. The molecule has 0 radical (unpaired) electrons. The van der Waals surface area contributed by atoms with Crippen LogP contribution in [0.15, 0.2) is 24.3 Å². The summed E-state index contributed by atoms with van der Waals surface area (Å²) in [4.78, 5) is 27.6. The number of carbonyl (C=O) groups excluding carboxylic acids is 2. The van der Waals surface area contributed by atoms with E-state index in [0.717, 1.165) is 6.42 Å². The first kappa shape index (κ1) is 18.6. The lowest BCUT2D eigenvalue weighted by Crippen LogP contribution is -2.44. The van der Waals surface area contributed by atoms with E-state index in [-0.39, 0.29) is 23.1 Å². The lowest BCUT2D eigenvalue weighted by molar-refractivity contribution is -0.128. The number of halogens is 1. The second-order valence-corrected chi connectivity index (χ2v) is 6.65. The molecule has 132 valence electrons. The van der Waals surface area contributed by atoms with Gasteiger partial charge < -0.3 is 15.1 Å². The van der Waals surface area contributed by atoms with E-state index in [0.29, 0.717) is 37.5 Å². The molecule has 1 aliphatic heterocycles. The normalized spacial score (nSPS) is 17.2. The molecule has 0 spiro atoms. The van der Waals surface area contributed by atoms with Crippen molar-refractivity contribution in [2.45, 2.75) is 25.6 Å². The van der Waals surface area contributed by atoms with E-state index in [1.165, 1.54) is 17.8 Å². The minimum atomic E-state index is -0.323. The van der Waals surface area contributed by atoms with Crippen LogP contribution in [-0.2, 0) is 4.79 Å². The van der Waals surface area contributed by atoms with Crippen LogP contribution in [0.3, 0.4) is 0 Å². The van der Waals surface area contributed by atoms with Gasteiger partial charge in [0.2, 0.25) is 5.91 Å². The van der Waals surface area contributed by atoms with Crippen LogP contribution in [0.25, 0.3) is 0 Å². The van der Waals surface area contributed by atoms with Crippen molar-refractivity contribution in [1.29, 1.82) is 0 Å². The number of hydrogen-bond acceptors (Lipinski definition) is 3. The highest BCUT2D eigenvalue weighted by atomic mass is 32.2. The summed E-state index contributed by atoms with van der Waals surface area (Å²) in [5.41, 5.74) is 0.520. The van der Waals surface area contributed by atoms with Crippen molar-refractivity contribution >= 4 is 23.7 Å². The van der Waals surface area contributed by atoms with Gasteiger partial charge in [-0.05, 0) is 19.4 Å². The molecular weight excluding hydrogens is 329 g/mol. The van der Waals surface area contributed by atoms with Crippen molar-refractivity contribution in [3.05, 3.63) is 35.6 Å². The minimum absolute atomic E-state index is 0.0155. The van der Waals surface area contributed by atoms with Gasteiger partial charge in [0.1, 0.15) is 11.2 Å². The summed E-state index contributed by atoms with van der Waals surface area (Å²) in [7, 11) is 0. The molecule has 1 aromatic carbocycles. The van der Waals surface area contributed by atoms with E-state index in [4.69, 9.17) is 0 Å². The predicted molar refractivity (Wildman–Crippen MR) is 94.2 cm³/mol. The van der Waals surface area contributed by atoms with Gasteiger partial charge >= 0.3 is 6.03 Å². The van der Waals surface area contributed by atoms with Gasteiger partial charge in [-0.2, -0.15) is 0 Å². The van der Waals surface area contributed by atoms with Crippen molar-refractivity contribution in [2.75, 3.05) is 31.9 Å². The quantitative estimate of drug-likeness (QED) is 0.820. The number of nitrogens with one attached hydrogen (secondary N) is 1. The zero-order valence-corrected chi connectivity index (χ0v) is 14.9. The smallest absolute Gasteiger partial charge is 0.317 e. The zero-order chi connectivity index (χ0) is 17.5. The van der Waals surface area contributed by atoms with Crippen LogP contribution in [0.4, 0.5) is 9.18 Å². The largest absolute Gasteiger partial charge is 0.338 e. The van der Waals surface area contributed by atoms with E-state index < -0.39 is 0 Å². The highest BCUT2D eigenvalue weighted by Crippen LogP contribution is 2.39. The van der Waals surface area contributed by atoms with Crippen LogP contribution in [0, 0.1) is 5.82 Å². The molecule has 1 fully saturated rings. The van der Waals surface area contributed by atoms with E-state index in [1.54, 1.807) is 28.0 Å². The number of rotatable bonds is 7. The molecule has 24 heavy (non-hydrogen) atoms. The monoisotopic (exact) mass is 353 g/mol. The first-order valence-corrected chi connectivity index (χ1v) is 9.31. The van der Waals surface area contributed by atoms with Gasteiger partial charge in [-0.15, -0.1) is 11.8 Å². The third-order valence-corrected chi connectivity index (χ3v) is 5.18. The molecule has 5 nitrogen and oxygen atoms in total.